The van der Waals surface area contributed by atoms with Gasteiger partial charge in [0.05, 0.1) is 11.8 Å². The number of amides is 1. The van der Waals surface area contributed by atoms with Crippen LogP contribution in [0.3, 0.4) is 0 Å². The highest BCUT2D eigenvalue weighted by molar-refractivity contribution is 6.30. The average molecular weight is 404 g/mol. The van der Waals surface area contributed by atoms with Gasteiger partial charge in [-0.05, 0) is 19.4 Å². The highest BCUT2D eigenvalue weighted by Crippen LogP contribution is 2.29. The van der Waals surface area contributed by atoms with Gasteiger partial charge in [0.2, 0.25) is 0 Å². The van der Waals surface area contributed by atoms with E-state index in [2.05, 4.69) is 15.2 Å². The molecule has 0 N–H and O–H groups in total. The van der Waals surface area contributed by atoms with E-state index < -0.39 is 0 Å². The number of rotatable bonds is 4. The third-order valence-corrected chi connectivity index (χ3v) is 5.44. The van der Waals surface area contributed by atoms with Crippen LogP contribution >= 0.6 is 11.6 Å². The van der Waals surface area contributed by atoms with Gasteiger partial charge in [0.25, 0.3) is 5.91 Å². The highest BCUT2D eigenvalue weighted by Gasteiger charge is 2.24. The van der Waals surface area contributed by atoms with E-state index in [-0.39, 0.29) is 5.91 Å². The summed E-state index contributed by atoms with van der Waals surface area (Å²) >= 11 is 6.52. The number of aromatic nitrogens is 3. The van der Waals surface area contributed by atoms with E-state index in [4.69, 9.17) is 20.5 Å². The summed E-state index contributed by atoms with van der Waals surface area (Å²) in [6, 6.07) is 3.56. The van der Waals surface area contributed by atoms with Crippen LogP contribution in [-0.2, 0) is 13.6 Å². The molecule has 1 aliphatic heterocycles. The summed E-state index contributed by atoms with van der Waals surface area (Å²) in [5, 5.41) is 9.20. The van der Waals surface area contributed by atoms with Crippen molar-refractivity contribution in [3.63, 3.8) is 0 Å². The lowest BCUT2D eigenvalue weighted by molar-refractivity contribution is 0.0760. The first-order valence-electron chi connectivity index (χ1n) is 9.22. The second-order valence-corrected chi connectivity index (χ2v) is 7.36. The predicted octanol–water partition coefficient (Wildman–Crippen LogP) is 2.98. The van der Waals surface area contributed by atoms with Crippen LogP contribution in [-0.4, -0.2) is 56.8 Å². The monoisotopic (exact) mass is 403 g/mol. The van der Waals surface area contributed by atoms with Crippen molar-refractivity contribution < 1.29 is 13.7 Å². The number of hydrogen-bond acceptors (Lipinski definition) is 6. The second-order valence-electron chi connectivity index (χ2n) is 7.00. The molecule has 3 aromatic heterocycles. The van der Waals surface area contributed by atoms with E-state index in [9.17, 15) is 4.79 Å². The van der Waals surface area contributed by atoms with Gasteiger partial charge in [-0.2, -0.15) is 5.10 Å². The molecule has 0 unspecified atom stereocenters. The van der Waals surface area contributed by atoms with Crippen molar-refractivity contribution in [1.29, 1.82) is 0 Å². The number of carbonyl (C=O) groups is 1. The van der Waals surface area contributed by atoms with Crippen molar-refractivity contribution in [2.75, 3.05) is 26.2 Å². The Kier molecular flexibility index (Phi) is 5.23. The number of nitrogens with zero attached hydrogens (tertiary/aromatic N) is 5. The molecule has 8 nitrogen and oxygen atoms in total. The van der Waals surface area contributed by atoms with E-state index >= 15 is 0 Å². The maximum absolute atomic E-state index is 12.6. The zero-order valence-corrected chi connectivity index (χ0v) is 16.6. The van der Waals surface area contributed by atoms with Gasteiger partial charge in [-0.15, -0.1) is 0 Å². The summed E-state index contributed by atoms with van der Waals surface area (Å²) < 4.78 is 11.9. The minimum Gasteiger partial charge on any atom is -0.472 e. The van der Waals surface area contributed by atoms with E-state index in [1.54, 1.807) is 10.7 Å². The maximum atomic E-state index is 12.6. The molecule has 0 saturated carbocycles. The summed E-state index contributed by atoms with van der Waals surface area (Å²) in [4.78, 5) is 16.7. The predicted molar refractivity (Wildman–Crippen MR) is 103 cm³/mol. The molecule has 0 atom stereocenters. The van der Waals surface area contributed by atoms with Crippen LogP contribution in [0, 0.1) is 6.92 Å². The molecular weight excluding hydrogens is 382 g/mol. The van der Waals surface area contributed by atoms with E-state index in [1.165, 1.54) is 12.5 Å². The normalized spacial score (nSPS) is 15.8. The van der Waals surface area contributed by atoms with Crippen molar-refractivity contribution in [1.82, 2.24) is 24.7 Å². The topological polar surface area (TPSA) is 80.5 Å². The molecule has 0 aliphatic carbocycles. The fraction of sp³-hybridized carbons (Fsp3) is 0.421. The Bertz CT molecular complexity index is 963. The number of furan rings is 1. The Morgan fingerprint density at radius 2 is 2.14 bits per heavy atom. The van der Waals surface area contributed by atoms with E-state index in [0.29, 0.717) is 29.5 Å². The molecule has 28 heavy (non-hydrogen) atoms. The molecule has 4 rings (SSSR count). The lowest BCUT2D eigenvalue weighted by atomic mass is 10.1. The van der Waals surface area contributed by atoms with Gasteiger partial charge in [-0.1, -0.05) is 16.8 Å². The summed E-state index contributed by atoms with van der Waals surface area (Å²) in [7, 11) is 1.82. The van der Waals surface area contributed by atoms with Gasteiger partial charge < -0.3 is 13.8 Å². The molecule has 1 fully saturated rings. The smallest absolute Gasteiger partial charge is 0.257 e. The largest absolute Gasteiger partial charge is 0.472 e. The zero-order chi connectivity index (χ0) is 19.7. The van der Waals surface area contributed by atoms with Crippen LogP contribution in [0.2, 0.25) is 5.15 Å². The second kappa shape index (κ2) is 7.81. The maximum Gasteiger partial charge on any atom is 0.257 e. The van der Waals surface area contributed by atoms with Crippen molar-refractivity contribution in [2.45, 2.75) is 19.9 Å². The average Bonchev–Trinajstić information content (AvgIpc) is 3.37. The number of hydrogen-bond donors (Lipinski definition) is 0. The number of halogens is 1. The lowest BCUT2D eigenvalue weighted by Gasteiger charge is -2.21. The van der Waals surface area contributed by atoms with Gasteiger partial charge in [-0.25, -0.2) is 0 Å². The van der Waals surface area contributed by atoms with Gasteiger partial charge in [0.15, 0.2) is 0 Å². The minimum absolute atomic E-state index is 0.00812. The number of carbonyl (C=O) groups excluding carboxylic acids is 1. The van der Waals surface area contributed by atoms with Crippen LogP contribution in [0.15, 0.2) is 33.6 Å². The number of aryl methyl sites for hydroxylation is 2. The highest BCUT2D eigenvalue weighted by atomic mass is 35.5. The molecule has 1 aliphatic rings. The summed E-state index contributed by atoms with van der Waals surface area (Å²) in [6.45, 7) is 5.49. The minimum atomic E-state index is 0.00812. The third-order valence-electron chi connectivity index (χ3n) is 4.97. The summed E-state index contributed by atoms with van der Waals surface area (Å²) in [5.74, 6) is 0.736. The molecule has 0 radical (unpaired) electrons. The van der Waals surface area contributed by atoms with Crippen molar-refractivity contribution in [2.24, 2.45) is 7.05 Å². The Morgan fingerprint density at radius 3 is 2.86 bits per heavy atom. The molecule has 4 heterocycles. The van der Waals surface area contributed by atoms with Crippen LogP contribution in [0.25, 0.3) is 11.4 Å². The van der Waals surface area contributed by atoms with E-state index in [1.807, 2.05) is 24.9 Å². The SMILES string of the molecule is Cc1cc(-c2nn(C)c(Cl)c2CN2CCCN(C(=O)c3ccoc3)CC2)no1. The van der Waals surface area contributed by atoms with Gasteiger partial charge in [0, 0.05) is 51.4 Å². The van der Waals surface area contributed by atoms with Crippen LogP contribution < -0.4 is 0 Å². The van der Waals surface area contributed by atoms with Crippen molar-refractivity contribution in [3.05, 3.63) is 46.7 Å². The molecule has 148 valence electrons. The van der Waals surface area contributed by atoms with Crippen molar-refractivity contribution in [3.8, 4) is 11.4 Å². The first-order chi connectivity index (χ1) is 13.5. The molecule has 1 amide bonds. The quantitative estimate of drug-likeness (QED) is 0.666. The Balaban J connectivity index is 1.49. The van der Waals surface area contributed by atoms with Crippen LogP contribution in [0.1, 0.15) is 28.1 Å². The zero-order valence-electron chi connectivity index (χ0n) is 15.9. The fourth-order valence-electron chi connectivity index (χ4n) is 3.50. The first-order valence-corrected chi connectivity index (χ1v) is 9.59. The lowest BCUT2D eigenvalue weighted by Crippen LogP contribution is -2.34. The molecule has 9 heteroatoms. The van der Waals surface area contributed by atoms with Crippen LogP contribution in [0.5, 0.6) is 0 Å². The molecular formula is C19H22ClN5O3. The van der Waals surface area contributed by atoms with Crippen LogP contribution in [0.4, 0.5) is 0 Å². The Labute approximate surface area is 167 Å². The molecule has 0 spiro atoms. The Hall–Kier alpha value is -2.58. The Morgan fingerprint density at radius 1 is 1.29 bits per heavy atom. The fourth-order valence-corrected chi connectivity index (χ4v) is 3.68. The molecule has 3 aromatic rings. The van der Waals surface area contributed by atoms with Gasteiger partial charge >= 0.3 is 0 Å². The summed E-state index contributed by atoms with van der Waals surface area (Å²) in [5.41, 5.74) is 2.93. The third kappa shape index (κ3) is 3.70. The molecule has 0 bridgehead atoms. The van der Waals surface area contributed by atoms with E-state index in [0.717, 1.165) is 43.1 Å². The summed E-state index contributed by atoms with van der Waals surface area (Å²) in [6.07, 6.45) is 3.90. The molecule has 1 saturated heterocycles. The van der Waals surface area contributed by atoms with Gasteiger partial charge in [-0.3, -0.25) is 14.4 Å². The standard InChI is InChI=1S/C19H22ClN5O3/c1-13-10-16(22-28-13)17-15(18(20)23(2)21-17)11-24-5-3-6-25(8-7-24)19(26)14-4-9-27-12-14/h4,9-10,12H,3,5-8,11H2,1-2H3. The molecule has 0 aromatic carbocycles. The van der Waals surface area contributed by atoms with Gasteiger partial charge in [0.1, 0.15) is 28.6 Å². The van der Waals surface area contributed by atoms with Crippen molar-refractivity contribution >= 4 is 17.5 Å². The first kappa shape index (κ1) is 18.8.